The summed E-state index contributed by atoms with van der Waals surface area (Å²) in [5, 5.41) is 5.39. The molecule has 0 radical (unpaired) electrons. The third-order valence-electron chi connectivity index (χ3n) is 6.04. The Hall–Kier alpha value is -4.57. The fourth-order valence-corrected chi connectivity index (χ4v) is 4.29. The lowest BCUT2D eigenvalue weighted by atomic mass is 9.99. The van der Waals surface area contributed by atoms with Gasteiger partial charge in [0.15, 0.2) is 5.82 Å². The smallest absolute Gasteiger partial charge is 0.225 e. The van der Waals surface area contributed by atoms with E-state index in [1.54, 1.807) is 29.3 Å². The van der Waals surface area contributed by atoms with Crippen LogP contribution in [-0.4, -0.2) is 42.8 Å². The first-order valence-corrected chi connectivity index (χ1v) is 11.2. The van der Waals surface area contributed by atoms with E-state index in [-0.39, 0.29) is 0 Å². The van der Waals surface area contributed by atoms with Crippen LogP contribution < -0.4 is 4.90 Å². The van der Waals surface area contributed by atoms with Crippen molar-refractivity contribution in [2.24, 2.45) is 0 Å². The number of aromatic nitrogens is 6. The molecular weight excluding hydrogens is 422 g/mol. The molecule has 6 rings (SSSR count). The third-order valence-corrected chi connectivity index (χ3v) is 6.04. The second-order valence-corrected chi connectivity index (χ2v) is 8.20. The molecule has 1 aliphatic heterocycles. The topological polar surface area (TPSA) is 72.6 Å². The summed E-state index contributed by atoms with van der Waals surface area (Å²) < 4.78 is 1.66. The number of anilines is 1. The minimum atomic E-state index is 0.488. The lowest BCUT2D eigenvalue weighted by Crippen LogP contribution is -2.21. The van der Waals surface area contributed by atoms with Crippen LogP contribution in [0.3, 0.4) is 0 Å². The van der Waals surface area contributed by atoms with Crippen LogP contribution in [0.25, 0.3) is 22.4 Å². The maximum Gasteiger partial charge on any atom is 0.225 e. The molecule has 1 fully saturated rings. The van der Waals surface area contributed by atoms with Crippen LogP contribution in [0.2, 0.25) is 0 Å². The summed E-state index contributed by atoms with van der Waals surface area (Å²) in [6.45, 7) is 1.82. The van der Waals surface area contributed by atoms with Gasteiger partial charge in [-0.2, -0.15) is 9.78 Å². The minimum absolute atomic E-state index is 0.488. The van der Waals surface area contributed by atoms with Gasteiger partial charge < -0.3 is 4.90 Å². The summed E-state index contributed by atoms with van der Waals surface area (Å²) in [4.78, 5) is 20.6. The second-order valence-electron chi connectivity index (χ2n) is 8.20. The Bertz CT molecular complexity index is 1510. The molecule has 0 saturated carbocycles. The molecule has 5 aromatic rings. The predicted molar refractivity (Wildman–Crippen MR) is 131 cm³/mol. The summed E-state index contributed by atoms with van der Waals surface area (Å²) in [5.74, 6) is 4.81. The van der Waals surface area contributed by atoms with Gasteiger partial charge in [-0.3, -0.25) is 0 Å². The third kappa shape index (κ3) is 3.97. The van der Waals surface area contributed by atoms with E-state index in [1.165, 1.54) is 5.56 Å². The average Bonchev–Trinajstić information content (AvgIpc) is 3.56. The normalized spacial score (nSPS) is 15.3. The lowest BCUT2D eigenvalue weighted by molar-refractivity contribution is 0.773. The molecule has 4 heterocycles. The Kier molecular flexibility index (Phi) is 5.17. The molecule has 3 aromatic heterocycles. The maximum absolute atomic E-state index is 4.77. The molecular formula is C27H21N7. The van der Waals surface area contributed by atoms with Crippen LogP contribution in [0, 0.1) is 12.0 Å². The van der Waals surface area contributed by atoms with E-state index in [0.717, 1.165) is 30.4 Å². The van der Waals surface area contributed by atoms with Crippen molar-refractivity contribution < 1.29 is 0 Å². The molecule has 1 aliphatic rings. The van der Waals surface area contributed by atoms with Crippen LogP contribution in [0.4, 0.5) is 5.95 Å². The van der Waals surface area contributed by atoms with Crippen LogP contribution in [0.5, 0.6) is 0 Å². The summed E-state index contributed by atoms with van der Waals surface area (Å²) in [6, 6.07) is 25.3. The molecule has 0 aliphatic carbocycles. The number of fused-ring (bicyclic) bond motifs is 1. The average molecular weight is 444 g/mol. The zero-order chi connectivity index (χ0) is 22.7. The lowest BCUT2D eigenvalue weighted by Gasteiger charge is -2.17. The number of rotatable bonds is 3. The zero-order valence-electron chi connectivity index (χ0n) is 18.4. The van der Waals surface area contributed by atoms with Gasteiger partial charge in [-0.15, -0.1) is 0 Å². The monoisotopic (exact) mass is 443 g/mol. The molecule has 34 heavy (non-hydrogen) atoms. The van der Waals surface area contributed by atoms with Crippen molar-refractivity contribution in [2.45, 2.75) is 12.3 Å². The first-order valence-electron chi connectivity index (χ1n) is 11.2. The van der Waals surface area contributed by atoms with Crippen LogP contribution >= 0.6 is 0 Å². The van der Waals surface area contributed by atoms with Crippen molar-refractivity contribution in [3.63, 3.8) is 0 Å². The van der Waals surface area contributed by atoms with Crippen LogP contribution in [0.15, 0.2) is 85.3 Å². The van der Waals surface area contributed by atoms with Crippen molar-refractivity contribution in [3.05, 3.63) is 96.6 Å². The van der Waals surface area contributed by atoms with Crippen LogP contribution in [0.1, 0.15) is 23.6 Å². The SMILES string of the molecule is C(#Cn1ncc2ccccc21)c1ccnc(-c2ccnc(N3CCC(c4ccccc4)C3)n2)n1. The van der Waals surface area contributed by atoms with Gasteiger partial charge in [0.25, 0.3) is 0 Å². The highest BCUT2D eigenvalue weighted by Gasteiger charge is 2.25. The molecule has 1 atom stereocenters. The van der Waals surface area contributed by atoms with Crippen molar-refractivity contribution in [1.29, 1.82) is 0 Å². The predicted octanol–water partition coefficient (Wildman–Crippen LogP) is 4.13. The van der Waals surface area contributed by atoms with E-state index in [1.807, 2.05) is 30.3 Å². The first kappa shape index (κ1) is 20.1. The molecule has 164 valence electrons. The Morgan fingerprint density at radius 2 is 1.71 bits per heavy atom. The quantitative estimate of drug-likeness (QED) is 0.391. The number of hydrogen-bond acceptors (Lipinski definition) is 6. The largest absolute Gasteiger partial charge is 0.340 e. The first-order chi connectivity index (χ1) is 16.8. The molecule has 1 saturated heterocycles. The Morgan fingerprint density at radius 3 is 2.65 bits per heavy atom. The molecule has 0 bridgehead atoms. The Balaban J connectivity index is 1.24. The van der Waals surface area contributed by atoms with Gasteiger partial charge in [0.2, 0.25) is 5.95 Å². The summed E-state index contributed by atoms with van der Waals surface area (Å²) in [5.41, 5.74) is 3.61. The molecule has 2 aromatic carbocycles. The Morgan fingerprint density at radius 1 is 0.853 bits per heavy atom. The fourth-order valence-electron chi connectivity index (χ4n) is 4.29. The van der Waals surface area contributed by atoms with Gasteiger partial charge in [0.1, 0.15) is 11.4 Å². The van der Waals surface area contributed by atoms with Crippen molar-refractivity contribution in [2.75, 3.05) is 18.0 Å². The summed E-state index contributed by atoms with van der Waals surface area (Å²) in [6.07, 6.45) is 6.36. The highest BCUT2D eigenvalue weighted by atomic mass is 15.3. The fraction of sp³-hybridized carbons (Fsp3) is 0.148. The van der Waals surface area contributed by atoms with Gasteiger partial charge in [0, 0.05) is 42.8 Å². The number of para-hydroxylation sites is 1. The number of benzene rings is 2. The van der Waals surface area contributed by atoms with Gasteiger partial charge in [-0.1, -0.05) is 48.5 Å². The molecule has 7 heteroatoms. The van der Waals surface area contributed by atoms with Gasteiger partial charge in [-0.05, 0) is 36.1 Å². The molecule has 0 N–H and O–H groups in total. The number of hydrogen-bond donors (Lipinski definition) is 0. The van der Waals surface area contributed by atoms with E-state index >= 15 is 0 Å². The summed E-state index contributed by atoms with van der Waals surface area (Å²) >= 11 is 0. The van der Waals surface area contributed by atoms with E-state index in [2.05, 4.69) is 67.2 Å². The van der Waals surface area contributed by atoms with Crippen LogP contribution in [-0.2, 0) is 0 Å². The molecule has 7 nitrogen and oxygen atoms in total. The van der Waals surface area contributed by atoms with Crippen molar-refractivity contribution in [1.82, 2.24) is 29.7 Å². The summed E-state index contributed by atoms with van der Waals surface area (Å²) in [7, 11) is 0. The maximum atomic E-state index is 4.77. The minimum Gasteiger partial charge on any atom is -0.340 e. The van der Waals surface area contributed by atoms with Crippen molar-refractivity contribution >= 4 is 16.9 Å². The highest BCUT2D eigenvalue weighted by Crippen LogP contribution is 2.29. The van der Waals surface area contributed by atoms with E-state index in [0.29, 0.717) is 29.1 Å². The molecule has 0 spiro atoms. The standard InChI is InChI=1S/C27H21N7/c1-2-6-20(7-3-1)22-12-16-33(19-22)27-29-15-11-24(32-27)26-28-14-10-23(31-26)13-17-34-25-9-5-4-8-21(25)18-30-34/h1-11,14-15,18,22H,12,16,19H2. The number of nitrogens with zero attached hydrogens (tertiary/aromatic N) is 7. The van der Waals surface area contributed by atoms with E-state index in [4.69, 9.17) is 4.98 Å². The zero-order valence-corrected chi connectivity index (χ0v) is 18.4. The van der Waals surface area contributed by atoms with Gasteiger partial charge in [-0.25, -0.2) is 19.9 Å². The van der Waals surface area contributed by atoms with Gasteiger partial charge in [0.05, 0.1) is 11.7 Å². The van der Waals surface area contributed by atoms with Gasteiger partial charge >= 0.3 is 0 Å². The van der Waals surface area contributed by atoms with Crippen molar-refractivity contribution in [3.8, 4) is 23.5 Å². The molecule has 0 amide bonds. The van der Waals surface area contributed by atoms with E-state index < -0.39 is 0 Å². The highest BCUT2D eigenvalue weighted by molar-refractivity contribution is 5.79. The van der Waals surface area contributed by atoms with E-state index in [9.17, 15) is 0 Å². The second kappa shape index (κ2) is 8.75. The molecule has 1 unspecified atom stereocenters. The Labute approximate surface area is 197 Å².